The molecule has 1 fully saturated rings. The zero-order chi connectivity index (χ0) is 23.8. The number of para-hydroxylation sites is 2. The van der Waals surface area contributed by atoms with E-state index < -0.39 is 0 Å². The summed E-state index contributed by atoms with van der Waals surface area (Å²) in [4.78, 5) is 33.2. The third-order valence-corrected chi connectivity index (χ3v) is 7.27. The van der Waals surface area contributed by atoms with Crippen LogP contribution in [-0.4, -0.2) is 39.7 Å². The molecular weight excluding hydrogens is 448 g/mol. The maximum Gasteiger partial charge on any atom is 0.256 e. The molecule has 0 saturated carbocycles. The van der Waals surface area contributed by atoms with Gasteiger partial charge in [-0.2, -0.15) is 5.10 Å². The van der Waals surface area contributed by atoms with Gasteiger partial charge in [-0.05, 0) is 49.4 Å². The van der Waals surface area contributed by atoms with Crippen molar-refractivity contribution in [1.82, 2.24) is 14.8 Å². The Bertz CT molecular complexity index is 1370. The van der Waals surface area contributed by atoms with Gasteiger partial charge < -0.3 is 16.0 Å². The van der Waals surface area contributed by atoms with Crippen LogP contribution in [0, 0.1) is 12.8 Å². The van der Waals surface area contributed by atoms with Crippen LogP contribution in [0.25, 0.3) is 21.6 Å². The molecule has 1 aliphatic rings. The summed E-state index contributed by atoms with van der Waals surface area (Å²) in [7, 11) is 1.84. The lowest BCUT2D eigenvalue weighted by molar-refractivity contribution is -0.122. The van der Waals surface area contributed by atoms with E-state index in [1.54, 1.807) is 16.0 Å². The Kier molecular flexibility index (Phi) is 5.79. The normalized spacial score (nSPS) is 14.5. The van der Waals surface area contributed by atoms with E-state index in [4.69, 9.17) is 10.7 Å². The maximum absolute atomic E-state index is 13.6. The molecule has 3 N–H and O–H groups in total. The van der Waals surface area contributed by atoms with Gasteiger partial charge in [-0.25, -0.2) is 4.98 Å². The van der Waals surface area contributed by atoms with E-state index >= 15 is 0 Å². The van der Waals surface area contributed by atoms with Gasteiger partial charge in [0.1, 0.15) is 0 Å². The first-order valence-corrected chi connectivity index (χ1v) is 12.1. The molecule has 4 heterocycles. The van der Waals surface area contributed by atoms with Crippen molar-refractivity contribution in [2.45, 2.75) is 19.8 Å². The monoisotopic (exact) mass is 474 g/mol. The Morgan fingerprint density at radius 2 is 1.91 bits per heavy atom. The quantitative estimate of drug-likeness (QED) is 0.455. The molecule has 0 radical (unpaired) electrons. The SMILES string of the molecule is Cc1nn(C)c2nc(-c3cccs3)cc(C(=O)Nc3ccccc3N3CCC(C(N)=O)CC3)c12. The predicted octanol–water partition coefficient (Wildman–Crippen LogP) is 3.96. The molecule has 9 heteroatoms. The summed E-state index contributed by atoms with van der Waals surface area (Å²) in [6, 6.07) is 13.6. The lowest BCUT2D eigenvalue weighted by atomic mass is 9.96. The highest BCUT2D eigenvalue weighted by atomic mass is 32.1. The molecule has 0 unspecified atom stereocenters. The number of nitrogens with two attached hydrogens (primary N) is 1. The van der Waals surface area contributed by atoms with Gasteiger partial charge in [-0.3, -0.25) is 14.3 Å². The number of pyridine rings is 1. The molecule has 5 rings (SSSR count). The third-order valence-electron chi connectivity index (χ3n) is 6.38. The Labute approximate surface area is 201 Å². The zero-order valence-corrected chi connectivity index (χ0v) is 19.9. The molecule has 0 spiro atoms. The van der Waals surface area contributed by atoms with Gasteiger partial charge in [0, 0.05) is 26.1 Å². The summed E-state index contributed by atoms with van der Waals surface area (Å²) in [6.45, 7) is 3.32. The van der Waals surface area contributed by atoms with Crippen molar-refractivity contribution in [2.24, 2.45) is 18.7 Å². The molecule has 3 aromatic heterocycles. The first-order chi connectivity index (χ1) is 16.4. The topological polar surface area (TPSA) is 106 Å². The minimum Gasteiger partial charge on any atom is -0.370 e. The van der Waals surface area contributed by atoms with Crippen molar-refractivity contribution in [3.63, 3.8) is 0 Å². The highest BCUT2D eigenvalue weighted by Gasteiger charge is 2.25. The van der Waals surface area contributed by atoms with Crippen LogP contribution in [0.3, 0.4) is 0 Å². The number of hydrogen-bond donors (Lipinski definition) is 2. The zero-order valence-electron chi connectivity index (χ0n) is 19.1. The molecule has 8 nitrogen and oxygen atoms in total. The number of nitrogens with one attached hydrogen (secondary N) is 1. The highest BCUT2D eigenvalue weighted by Crippen LogP contribution is 2.32. The first-order valence-electron chi connectivity index (χ1n) is 11.2. The molecule has 1 aliphatic heterocycles. The number of primary amides is 1. The average molecular weight is 475 g/mol. The summed E-state index contributed by atoms with van der Waals surface area (Å²) in [6.07, 6.45) is 1.42. The number of carbonyl (C=O) groups excluding carboxylic acids is 2. The van der Waals surface area contributed by atoms with Crippen molar-refractivity contribution in [2.75, 3.05) is 23.3 Å². The second kappa shape index (κ2) is 8.90. The van der Waals surface area contributed by atoms with Crippen LogP contribution in [0.2, 0.25) is 0 Å². The third kappa shape index (κ3) is 4.03. The summed E-state index contributed by atoms with van der Waals surface area (Å²) >= 11 is 1.58. The number of piperidine rings is 1. The number of benzene rings is 1. The van der Waals surface area contributed by atoms with E-state index in [0.717, 1.165) is 33.0 Å². The van der Waals surface area contributed by atoms with Crippen LogP contribution in [0.1, 0.15) is 28.9 Å². The Morgan fingerprint density at radius 1 is 1.15 bits per heavy atom. The summed E-state index contributed by atoms with van der Waals surface area (Å²) in [5.41, 5.74) is 9.88. The number of nitrogens with zero attached hydrogens (tertiary/aromatic N) is 4. The van der Waals surface area contributed by atoms with Crippen LogP contribution in [0.5, 0.6) is 0 Å². The van der Waals surface area contributed by atoms with Gasteiger partial charge >= 0.3 is 0 Å². The molecule has 174 valence electrons. The number of hydrogen-bond acceptors (Lipinski definition) is 6. The van der Waals surface area contributed by atoms with Crippen molar-refractivity contribution in [1.29, 1.82) is 0 Å². The van der Waals surface area contributed by atoms with Crippen molar-refractivity contribution in [3.05, 3.63) is 59.1 Å². The fourth-order valence-corrected chi connectivity index (χ4v) is 5.31. The van der Waals surface area contributed by atoms with Crippen LogP contribution in [0.4, 0.5) is 11.4 Å². The highest BCUT2D eigenvalue weighted by molar-refractivity contribution is 7.13. The standard InChI is InChI=1S/C25H26N6O2S/c1-15-22-17(14-19(21-8-5-13-34-21)27-24(22)30(2)29-15)25(33)28-18-6-3-4-7-20(18)31-11-9-16(10-12-31)23(26)32/h3-8,13-14,16H,9-12H2,1-2H3,(H2,26,32)(H,28,33). The van der Waals surface area contributed by atoms with Gasteiger partial charge in [0.2, 0.25) is 5.91 Å². The molecule has 0 bridgehead atoms. The smallest absolute Gasteiger partial charge is 0.256 e. The van der Waals surface area contributed by atoms with Gasteiger partial charge in [0.15, 0.2) is 5.65 Å². The predicted molar refractivity (Wildman–Crippen MR) is 135 cm³/mol. The van der Waals surface area contributed by atoms with E-state index in [1.807, 2.05) is 61.8 Å². The average Bonchev–Trinajstić information content (AvgIpc) is 3.47. The fraction of sp³-hybridized carbons (Fsp3) is 0.280. The number of carbonyl (C=O) groups is 2. The minimum atomic E-state index is -0.240. The largest absolute Gasteiger partial charge is 0.370 e. The molecule has 34 heavy (non-hydrogen) atoms. The number of thiophene rings is 1. The van der Waals surface area contributed by atoms with Crippen molar-refractivity contribution >= 4 is 45.6 Å². The number of rotatable bonds is 5. The second-order valence-corrected chi connectivity index (χ2v) is 9.52. The van der Waals surface area contributed by atoms with Gasteiger partial charge in [-0.15, -0.1) is 11.3 Å². The Morgan fingerprint density at radius 3 is 2.62 bits per heavy atom. The van der Waals surface area contributed by atoms with Gasteiger partial charge in [0.25, 0.3) is 5.91 Å². The Balaban J connectivity index is 1.49. The van der Waals surface area contributed by atoms with Gasteiger partial charge in [-0.1, -0.05) is 18.2 Å². The van der Waals surface area contributed by atoms with Crippen LogP contribution in [-0.2, 0) is 11.8 Å². The van der Waals surface area contributed by atoms with E-state index in [-0.39, 0.29) is 17.7 Å². The number of aromatic nitrogens is 3. The number of aryl methyl sites for hydroxylation is 2. The van der Waals surface area contributed by atoms with E-state index in [9.17, 15) is 9.59 Å². The first kappa shape index (κ1) is 22.1. The molecular formula is C25H26N6O2S. The van der Waals surface area contributed by atoms with E-state index in [0.29, 0.717) is 37.1 Å². The van der Waals surface area contributed by atoms with Crippen LogP contribution in [0.15, 0.2) is 47.8 Å². The second-order valence-electron chi connectivity index (χ2n) is 8.57. The molecule has 0 atom stereocenters. The van der Waals surface area contributed by atoms with E-state index in [1.165, 1.54) is 0 Å². The number of anilines is 2. The minimum absolute atomic E-state index is 0.0904. The molecule has 1 aromatic carbocycles. The fourth-order valence-electron chi connectivity index (χ4n) is 4.62. The number of amides is 2. The molecule has 2 amide bonds. The maximum atomic E-state index is 13.6. The van der Waals surface area contributed by atoms with Crippen molar-refractivity contribution < 1.29 is 9.59 Å². The summed E-state index contributed by atoms with van der Waals surface area (Å²) < 4.78 is 1.72. The van der Waals surface area contributed by atoms with Gasteiger partial charge in [0.05, 0.1) is 38.6 Å². The lowest BCUT2D eigenvalue weighted by Gasteiger charge is -2.33. The lowest BCUT2D eigenvalue weighted by Crippen LogP contribution is -2.38. The summed E-state index contributed by atoms with van der Waals surface area (Å²) in [5.74, 6) is -0.538. The Hall–Kier alpha value is -3.72. The molecule has 0 aliphatic carbocycles. The van der Waals surface area contributed by atoms with E-state index in [2.05, 4.69) is 15.3 Å². The summed E-state index contributed by atoms with van der Waals surface area (Å²) in [5, 5.41) is 10.4. The molecule has 1 saturated heterocycles. The molecule has 4 aromatic rings. The van der Waals surface area contributed by atoms with Crippen LogP contribution < -0.4 is 16.0 Å². The van der Waals surface area contributed by atoms with Crippen molar-refractivity contribution in [3.8, 4) is 10.6 Å². The van der Waals surface area contributed by atoms with Crippen LogP contribution >= 0.6 is 11.3 Å². The number of fused-ring (bicyclic) bond motifs is 1.